The molecule has 1 aliphatic rings. The maximum absolute atomic E-state index is 5.81. The molecule has 1 aromatic heterocycles. The van der Waals surface area contributed by atoms with Crippen LogP contribution in [0.25, 0.3) is 0 Å². The highest BCUT2D eigenvalue weighted by molar-refractivity contribution is 5.15. The van der Waals surface area contributed by atoms with Gasteiger partial charge in [-0.25, -0.2) is 0 Å². The van der Waals surface area contributed by atoms with E-state index < -0.39 is 0 Å². The second-order valence-corrected chi connectivity index (χ2v) is 4.26. The van der Waals surface area contributed by atoms with Crippen LogP contribution in [0.3, 0.4) is 0 Å². The zero-order chi connectivity index (χ0) is 10.8. The standard InChI is InChI=1S/C11H19N3O/c1-8(12)9-7-10(14(2)13-9)11-5-3-4-6-15-11/h7-8,11H,3-6,12H2,1-2H3. The maximum Gasteiger partial charge on any atom is 0.0991 e. The second kappa shape index (κ2) is 4.33. The Kier molecular flexibility index (Phi) is 3.07. The van der Waals surface area contributed by atoms with E-state index in [-0.39, 0.29) is 12.1 Å². The van der Waals surface area contributed by atoms with Crippen molar-refractivity contribution < 1.29 is 4.74 Å². The van der Waals surface area contributed by atoms with E-state index in [0.29, 0.717) is 0 Å². The summed E-state index contributed by atoms with van der Waals surface area (Å²) in [6, 6.07) is 2.06. The van der Waals surface area contributed by atoms with Gasteiger partial charge in [0.2, 0.25) is 0 Å². The molecule has 0 bridgehead atoms. The summed E-state index contributed by atoms with van der Waals surface area (Å²) in [4.78, 5) is 0. The van der Waals surface area contributed by atoms with Gasteiger partial charge in [-0.1, -0.05) is 0 Å². The Hall–Kier alpha value is -0.870. The number of aryl methyl sites for hydroxylation is 1. The van der Waals surface area contributed by atoms with Crippen LogP contribution < -0.4 is 5.73 Å². The van der Waals surface area contributed by atoms with Crippen LogP contribution in [0.1, 0.15) is 49.7 Å². The lowest BCUT2D eigenvalue weighted by Gasteiger charge is -2.22. The van der Waals surface area contributed by atoms with E-state index in [4.69, 9.17) is 10.5 Å². The van der Waals surface area contributed by atoms with Crippen LogP contribution in [0.15, 0.2) is 6.07 Å². The highest BCUT2D eigenvalue weighted by Gasteiger charge is 2.20. The zero-order valence-electron chi connectivity index (χ0n) is 9.44. The minimum absolute atomic E-state index is 0.00598. The van der Waals surface area contributed by atoms with Crippen molar-refractivity contribution >= 4 is 0 Å². The lowest BCUT2D eigenvalue weighted by Crippen LogP contribution is -2.14. The summed E-state index contributed by atoms with van der Waals surface area (Å²) in [5.74, 6) is 0. The van der Waals surface area contributed by atoms with E-state index in [1.54, 1.807) is 0 Å². The van der Waals surface area contributed by atoms with Crippen molar-refractivity contribution in [2.45, 2.75) is 38.3 Å². The van der Waals surface area contributed by atoms with Crippen molar-refractivity contribution in [3.63, 3.8) is 0 Å². The summed E-state index contributed by atoms with van der Waals surface area (Å²) in [6.07, 6.45) is 3.72. The van der Waals surface area contributed by atoms with Gasteiger partial charge >= 0.3 is 0 Å². The summed E-state index contributed by atoms with van der Waals surface area (Å²) in [7, 11) is 1.96. The Labute approximate surface area is 90.4 Å². The molecule has 2 atom stereocenters. The fourth-order valence-electron chi connectivity index (χ4n) is 2.00. The fourth-order valence-corrected chi connectivity index (χ4v) is 2.00. The van der Waals surface area contributed by atoms with Gasteiger partial charge in [-0.15, -0.1) is 0 Å². The van der Waals surface area contributed by atoms with Crippen molar-refractivity contribution in [1.29, 1.82) is 0 Å². The van der Waals surface area contributed by atoms with E-state index >= 15 is 0 Å². The monoisotopic (exact) mass is 209 g/mol. The number of aromatic nitrogens is 2. The molecule has 2 unspecified atom stereocenters. The van der Waals surface area contributed by atoms with Gasteiger partial charge in [0.25, 0.3) is 0 Å². The Morgan fingerprint density at radius 2 is 2.40 bits per heavy atom. The Bertz CT molecular complexity index is 327. The highest BCUT2D eigenvalue weighted by atomic mass is 16.5. The van der Waals surface area contributed by atoms with Crippen molar-refractivity contribution in [2.24, 2.45) is 12.8 Å². The molecule has 0 aliphatic carbocycles. The van der Waals surface area contributed by atoms with Crippen molar-refractivity contribution in [2.75, 3.05) is 6.61 Å². The quantitative estimate of drug-likeness (QED) is 0.806. The normalized spacial score (nSPS) is 24.1. The predicted octanol–water partition coefficient (Wildman–Crippen LogP) is 1.68. The van der Waals surface area contributed by atoms with E-state index in [9.17, 15) is 0 Å². The molecule has 2 heterocycles. The Morgan fingerprint density at radius 1 is 1.60 bits per heavy atom. The largest absolute Gasteiger partial charge is 0.372 e. The summed E-state index contributed by atoms with van der Waals surface area (Å²) in [5, 5.41) is 4.40. The SMILES string of the molecule is CC(N)c1cc(C2CCCCO2)n(C)n1. The molecular formula is C11H19N3O. The second-order valence-electron chi connectivity index (χ2n) is 4.26. The van der Waals surface area contributed by atoms with Crippen LogP contribution in [-0.2, 0) is 11.8 Å². The lowest BCUT2D eigenvalue weighted by molar-refractivity contribution is 0.0101. The summed E-state index contributed by atoms with van der Waals surface area (Å²) in [6.45, 7) is 2.82. The molecule has 1 aromatic rings. The highest BCUT2D eigenvalue weighted by Crippen LogP contribution is 2.28. The third-order valence-electron chi connectivity index (χ3n) is 2.91. The van der Waals surface area contributed by atoms with Gasteiger partial charge in [-0.3, -0.25) is 4.68 Å². The lowest BCUT2D eigenvalue weighted by atomic mass is 10.1. The molecule has 1 aliphatic heterocycles. The van der Waals surface area contributed by atoms with E-state index in [1.165, 1.54) is 12.8 Å². The maximum atomic E-state index is 5.81. The summed E-state index contributed by atoms with van der Waals surface area (Å²) < 4.78 is 7.63. The molecule has 0 saturated carbocycles. The average Bonchev–Trinajstić information content (AvgIpc) is 2.62. The van der Waals surface area contributed by atoms with E-state index in [0.717, 1.165) is 24.4 Å². The minimum Gasteiger partial charge on any atom is -0.372 e. The van der Waals surface area contributed by atoms with Crippen LogP contribution in [0.2, 0.25) is 0 Å². The van der Waals surface area contributed by atoms with Gasteiger partial charge in [0.05, 0.1) is 17.5 Å². The van der Waals surface area contributed by atoms with Gasteiger partial charge in [0.1, 0.15) is 0 Å². The van der Waals surface area contributed by atoms with Gasteiger partial charge in [0, 0.05) is 19.7 Å². The molecule has 15 heavy (non-hydrogen) atoms. The third-order valence-corrected chi connectivity index (χ3v) is 2.91. The van der Waals surface area contributed by atoms with Gasteiger partial charge < -0.3 is 10.5 Å². The fraction of sp³-hybridized carbons (Fsp3) is 0.727. The Morgan fingerprint density at radius 3 is 2.93 bits per heavy atom. The van der Waals surface area contributed by atoms with Crippen LogP contribution in [0.4, 0.5) is 0 Å². The molecule has 4 heteroatoms. The first kappa shape index (κ1) is 10.6. The van der Waals surface area contributed by atoms with Crippen molar-refractivity contribution in [3.05, 3.63) is 17.5 Å². The van der Waals surface area contributed by atoms with Crippen molar-refractivity contribution in [3.8, 4) is 0 Å². The first-order valence-corrected chi connectivity index (χ1v) is 5.59. The first-order valence-electron chi connectivity index (χ1n) is 5.59. The van der Waals surface area contributed by atoms with Gasteiger partial charge in [-0.05, 0) is 32.3 Å². The van der Waals surface area contributed by atoms with Crippen LogP contribution in [-0.4, -0.2) is 16.4 Å². The van der Waals surface area contributed by atoms with Gasteiger partial charge in [-0.2, -0.15) is 5.10 Å². The molecule has 4 nitrogen and oxygen atoms in total. The van der Waals surface area contributed by atoms with Crippen LogP contribution >= 0.6 is 0 Å². The molecule has 0 amide bonds. The topological polar surface area (TPSA) is 53.1 Å². The predicted molar refractivity (Wildman–Crippen MR) is 58.4 cm³/mol. The van der Waals surface area contributed by atoms with E-state index in [1.807, 2.05) is 18.7 Å². The van der Waals surface area contributed by atoms with Gasteiger partial charge in [0.15, 0.2) is 0 Å². The molecule has 0 radical (unpaired) electrons. The number of hydrogen-bond donors (Lipinski definition) is 1. The molecule has 2 rings (SSSR count). The van der Waals surface area contributed by atoms with Crippen molar-refractivity contribution in [1.82, 2.24) is 9.78 Å². The molecule has 0 spiro atoms. The number of hydrogen-bond acceptors (Lipinski definition) is 3. The average molecular weight is 209 g/mol. The molecule has 1 saturated heterocycles. The number of nitrogens with zero attached hydrogens (tertiary/aromatic N) is 2. The molecule has 84 valence electrons. The molecule has 0 aromatic carbocycles. The Balaban J connectivity index is 2.19. The summed E-state index contributed by atoms with van der Waals surface area (Å²) >= 11 is 0. The molecular weight excluding hydrogens is 190 g/mol. The molecule has 1 fully saturated rings. The number of nitrogens with two attached hydrogens (primary N) is 1. The third kappa shape index (κ3) is 2.21. The smallest absolute Gasteiger partial charge is 0.0991 e. The minimum atomic E-state index is -0.00598. The number of rotatable bonds is 2. The van der Waals surface area contributed by atoms with Crippen LogP contribution in [0.5, 0.6) is 0 Å². The number of ether oxygens (including phenoxy) is 1. The molecule has 2 N–H and O–H groups in total. The van der Waals surface area contributed by atoms with E-state index in [2.05, 4.69) is 11.2 Å². The zero-order valence-corrected chi connectivity index (χ0v) is 9.44. The van der Waals surface area contributed by atoms with Crippen LogP contribution in [0, 0.1) is 0 Å². The first-order chi connectivity index (χ1) is 7.18. The summed E-state index contributed by atoms with van der Waals surface area (Å²) in [5.41, 5.74) is 7.91.